The average Bonchev–Trinajstić information content (AvgIpc) is 2.97. The third-order valence-corrected chi connectivity index (χ3v) is 4.64. The number of nitrogens with one attached hydrogen (secondary N) is 1. The highest BCUT2D eigenvalue weighted by Gasteiger charge is 2.24. The lowest BCUT2D eigenvalue weighted by Gasteiger charge is -2.39. The molecule has 1 saturated heterocycles. The Morgan fingerprint density at radius 3 is 2.65 bits per heavy atom. The summed E-state index contributed by atoms with van der Waals surface area (Å²) in [6, 6.07) is 8.05. The van der Waals surface area contributed by atoms with Crippen LogP contribution in [0.15, 0.2) is 59.8 Å². The SMILES string of the molecule is CC1CN(c2ccc(NC(=O)N3C=C4CC=CC=C4C3)cc2)C1. The Balaban J connectivity index is 1.38. The summed E-state index contributed by atoms with van der Waals surface area (Å²) in [5.74, 6) is 0.782. The molecule has 0 bridgehead atoms. The van der Waals surface area contributed by atoms with Crippen molar-refractivity contribution in [2.24, 2.45) is 5.92 Å². The van der Waals surface area contributed by atoms with Crippen LogP contribution in [0.25, 0.3) is 0 Å². The van der Waals surface area contributed by atoms with E-state index in [-0.39, 0.29) is 6.03 Å². The molecule has 2 amide bonds. The quantitative estimate of drug-likeness (QED) is 0.903. The minimum absolute atomic E-state index is 0.0712. The third-order valence-electron chi connectivity index (χ3n) is 4.64. The van der Waals surface area contributed by atoms with Gasteiger partial charge < -0.3 is 10.2 Å². The number of fused-ring (bicyclic) bond motifs is 1. The van der Waals surface area contributed by atoms with Gasteiger partial charge in [0, 0.05) is 30.7 Å². The van der Waals surface area contributed by atoms with Crippen molar-refractivity contribution in [3.63, 3.8) is 0 Å². The summed E-state index contributed by atoms with van der Waals surface area (Å²) in [5, 5.41) is 2.98. The van der Waals surface area contributed by atoms with E-state index >= 15 is 0 Å². The zero-order chi connectivity index (χ0) is 15.8. The number of anilines is 2. The number of nitrogens with zero attached hydrogens (tertiary/aromatic N) is 2. The van der Waals surface area contributed by atoms with Crippen molar-refractivity contribution in [1.82, 2.24) is 4.90 Å². The topological polar surface area (TPSA) is 35.6 Å². The highest BCUT2D eigenvalue weighted by molar-refractivity contribution is 5.91. The number of hydrogen-bond donors (Lipinski definition) is 1. The van der Waals surface area contributed by atoms with Crippen LogP contribution in [-0.4, -0.2) is 30.6 Å². The van der Waals surface area contributed by atoms with Crippen LogP contribution in [-0.2, 0) is 0 Å². The molecule has 3 aliphatic rings. The monoisotopic (exact) mass is 307 g/mol. The van der Waals surface area contributed by atoms with E-state index in [9.17, 15) is 4.79 Å². The predicted octanol–water partition coefficient (Wildman–Crippen LogP) is 3.76. The molecule has 2 aliphatic heterocycles. The van der Waals surface area contributed by atoms with Gasteiger partial charge in [0.05, 0.1) is 6.54 Å². The Labute approximate surface area is 136 Å². The lowest BCUT2D eigenvalue weighted by molar-refractivity contribution is 0.233. The van der Waals surface area contributed by atoms with E-state index in [0.717, 1.165) is 31.1 Å². The van der Waals surface area contributed by atoms with Gasteiger partial charge in [-0.25, -0.2) is 4.79 Å². The highest BCUT2D eigenvalue weighted by atomic mass is 16.2. The number of amides is 2. The number of allylic oxidation sites excluding steroid dienone is 3. The summed E-state index contributed by atoms with van der Waals surface area (Å²) in [6.45, 7) is 5.17. The fourth-order valence-electron chi connectivity index (χ4n) is 3.32. The van der Waals surface area contributed by atoms with Gasteiger partial charge in [-0.2, -0.15) is 0 Å². The highest BCUT2D eigenvalue weighted by Crippen LogP contribution is 2.28. The first-order valence-corrected chi connectivity index (χ1v) is 8.18. The Bertz CT molecular complexity index is 709. The van der Waals surface area contributed by atoms with Gasteiger partial charge in [0.1, 0.15) is 0 Å². The van der Waals surface area contributed by atoms with Crippen molar-refractivity contribution in [2.75, 3.05) is 29.9 Å². The molecular formula is C19H21N3O. The molecule has 0 atom stereocenters. The van der Waals surface area contributed by atoms with E-state index in [1.54, 1.807) is 4.90 Å². The number of urea groups is 1. The molecule has 4 heteroatoms. The molecule has 0 radical (unpaired) electrons. The van der Waals surface area contributed by atoms with Crippen LogP contribution < -0.4 is 10.2 Å². The van der Waals surface area contributed by atoms with Crippen molar-refractivity contribution in [3.8, 4) is 0 Å². The standard InChI is InChI=1S/C19H21N3O/c1-14-10-21(11-14)18-8-6-17(7-9-18)20-19(23)22-12-15-4-2-3-5-16(15)13-22/h2-4,6-9,13-14H,5,10-12H2,1H3,(H,20,23). The fourth-order valence-corrected chi connectivity index (χ4v) is 3.32. The summed E-state index contributed by atoms with van der Waals surface area (Å²) in [4.78, 5) is 16.5. The summed E-state index contributed by atoms with van der Waals surface area (Å²) >= 11 is 0. The third kappa shape index (κ3) is 2.77. The molecule has 0 saturated carbocycles. The van der Waals surface area contributed by atoms with Crippen molar-refractivity contribution >= 4 is 17.4 Å². The first-order chi connectivity index (χ1) is 11.2. The van der Waals surface area contributed by atoms with Crippen molar-refractivity contribution in [2.45, 2.75) is 13.3 Å². The van der Waals surface area contributed by atoms with Crippen LogP contribution in [0.5, 0.6) is 0 Å². The molecule has 1 N–H and O–H groups in total. The number of benzene rings is 1. The van der Waals surface area contributed by atoms with Crippen LogP contribution in [0.2, 0.25) is 0 Å². The zero-order valence-electron chi connectivity index (χ0n) is 13.3. The molecule has 0 unspecified atom stereocenters. The maximum atomic E-state index is 12.4. The van der Waals surface area contributed by atoms with Crippen LogP contribution in [0.4, 0.5) is 16.2 Å². The van der Waals surface area contributed by atoms with Gasteiger partial charge in [0.15, 0.2) is 0 Å². The van der Waals surface area contributed by atoms with E-state index in [1.165, 1.54) is 16.8 Å². The molecular weight excluding hydrogens is 286 g/mol. The first kappa shape index (κ1) is 14.1. The molecule has 0 spiro atoms. The van der Waals surface area contributed by atoms with Crippen molar-refractivity contribution in [1.29, 1.82) is 0 Å². The van der Waals surface area contributed by atoms with Gasteiger partial charge in [-0.1, -0.05) is 25.2 Å². The largest absolute Gasteiger partial charge is 0.371 e. The van der Waals surface area contributed by atoms with Crippen molar-refractivity contribution < 1.29 is 4.79 Å². The van der Waals surface area contributed by atoms with E-state index in [4.69, 9.17) is 0 Å². The smallest absolute Gasteiger partial charge is 0.326 e. The van der Waals surface area contributed by atoms with E-state index < -0.39 is 0 Å². The maximum Gasteiger partial charge on any atom is 0.326 e. The summed E-state index contributed by atoms with van der Waals surface area (Å²) in [7, 11) is 0. The number of rotatable bonds is 2. The molecule has 1 fully saturated rings. The predicted molar refractivity (Wildman–Crippen MR) is 93.5 cm³/mol. The lowest BCUT2D eigenvalue weighted by Crippen LogP contribution is -2.45. The van der Waals surface area contributed by atoms with Gasteiger partial charge in [0.2, 0.25) is 0 Å². The molecule has 118 valence electrons. The zero-order valence-corrected chi connectivity index (χ0v) is 13.3. The molecule has 1 aliphatic carbocycles. The van der Waals surface area contributed by atoms with Crippen LogP contribution in [0.3, 0.4) is 0 Å². The molecule has 0 aromatic heterocycles. The fraction of sp³-hybridized carbons (Fsp3) is 0.316. The molecule has 4 nitrogen and oxygen atoms in total. The van der Waals surface area contributed by atoms with E-state index in [2.05, 4.69) is 47.5 Å². The summed E-state index contributed by atoms with van der Waals surface area (Å²) in [5.41, 5.74) is 4.55. The molecule has 4 rings (SSSR count). The van der Waals surface area contributed by atoms with E-state index in [0.29, 0.717) is 6.54 Å². The lowest BCUT2D eigenvalue weighted by atomic mass is 10.0. The van der Waals surface area contributed by atoms with Crippen LogP contribution in [0.1, 0.15) is 13.3 Å². The molecule has 23 heavy (non-hydrogen) atoms. The van der Waals surface area contributed by atoms with Gasteiger partial charge in [-0.3, -0.25) is 4.90 Å². The average molecular weight is 307 g/mol. The summed E-state index contributed by atoms with van der Waals surface area (Å²) < 4.78 is 0. The van der Waals surface area contributed by atoms with Crippen LogP contribution in [0, 0.1) is 5.92 Å². The second-order valence-corrected chi connectivity index (χ2v) is 6.59. The molecule has 1 aromatic carbocycles. The maximum absolute atomic E-state index is 12.4. The van der Waals surface area contributed by atoms with Gasteiger partial charge in [0.25, 0.3) is 0 Å². The number of carbonyl (C=O) groups is 1. The Morgan fingerprint density at radius 1 is 1.17 bits per heavy atom. The summed E-state index contributed by atoms with van der Waals surface area (Å²) in [6.07, 6.45) is 9.14. The second-order valence-electron chi connectivity index (χ2n) is 6.59. The number of carbonyl (C=O) groups excluding carboxylic acids is 1. The van der Waals surface area contributed by atoms with E-state index in [1.807, 2.05) is 18.3 Å². The van der Waals surface area contributed by atoms with Crippen molar-refractivity contribution in [3.05, 3.63) is 59.8 Å². The Morgan fingerprint density at radius 2 is 1.96 bits per heavy atom. The van der Waals surface area contributed by atoms with Gasteiger partial charge in [-0.05, 0) is 47.8 Å². The number of hydrogen-bond acceptors (Lipinski definition) is 2. The van der Waals surface area contributed by atoms with Gasteiger partial charge in [-0.15, -0.1) is 0 Å². The minimum atomic E-state index is -0.0712. The van der Waals surface area contributed by atoms with Crippen LogP contribution >= 0.6 is 0 Å². The molecule has 2 heterocycles. The Hall–Kier alpha value is -2.49. The normalized spacial score (nSPS) is 19.9. The second kappa shape index (κ2) is 5.61. The minimum Gasteiger partial charge on any atom is -0.371 e. The Kier molecular flexibility index (Phi) is 3.45. The van der Waals surface area contributed by atoms with Gasteiger partial charge >= 0.3 is 6.03 Å². The molecule has 1 aromatic rings. The first-order valence-electron chi connectivity index (χ1n) is 8.18.